The molecule has 1 radical (unpaired) electrons. The van der Waals surface area contributed by atoms with Gasteiger partial charge in [-0.2, -0.15) is 0 Å². The minimum atomic E-state index is 0.162. The Hall–Kier alpha value is -0.410. The fraction of sp³-hybridized carbons (Fsp3) is 0.889. The van der Waals surface area contributed by atoms with Crippen molar-refractivity contribution < 1.29 is 9.90 Å². The molecule has 0 unspecified atom stereocenters. The summed E-state index contributed by atoms with van der Waals surface area (Å²) in [5.41, 5.74) is 0. The molecule has 0 bridgehead atoms. The second-order valence-electron chi connectivity index (χ2n) is 3.31. The lowest BCUT2D eigenvalue weighted by Crippen LogP contribution is -2.35. The Morgan fingerprint density at radius 2 is 2.08 bits per heavy atom. The number of hydrogen-bond donors (Lipinski definition) is 1. The Kier molecular flexibility index (Phi) is 4.25. The molecule has 3 nitrogen and oxygen atoms in total. The van der Waals surface area contributed by atoms with E-state index in [9.17, 15) is 4.79 Å². The van der Waals surface area contributed by atoms with E-state index in [1.54, 1.807) is 0 Å². The number of piperidine rings is 1. The molecule has 0 aromatic heterocycles. The van der Waals surface area contributed by atoms with Gasteiger partial charge in [-0.1, -0.05) is 0 Å². The summed E-state index contributed by atoms with van der Waals surface area (Å²) in [6.45, 7) is 3.20. The van der Waals surface area contributed by atoms with E-state index < -0.39 is 0 Å². The summed E-state index contributed by atoms with van der Waals surface area (Å²) in [6.07, 6.45) is 4.78. The smallest absolute Gasteiger partial charge is 0.201 e. The molecule has 0 spiro atoms. The van der Waals surface area contributed by atoms with E-state index in [4.69, 9.17) is 5.11 Å². The molecule has 0 amide bonds. The summed E-state index contributed by atoms with van der Waals surface area (Å²) < 4.78 is 0. The Balaban J connectivity index is 2.12. The Bertz CT molecular complexity index is 130. The second kappa shape index (κ2) is 5.27. The highest BCUT2D eigenvalue weighted by Crippen LogP contribution is 2.14. The average molecular weight is 170 g/mol. The van der Waals surface area contributed by atoms with E-state index in [1.807, 2.05) is 0 Å². The van der Waals surface area contributed by atoms with E-state index in [1.165, 1.54) is 0 Å². The number of carbonyl (C=O) groups excluding carboxylic acids is 1. The summed E-state index contributed by atoms with van der Waals surface area (Å²) in [5, 5.41) is 8.61. The van der Waals surface area contributed by atoms with Crippen LogP contribution in [0, 0.1) is 5.92 Å². The van der Waals surface area contributed by atoms with E-state index in [-0.39, 0.29) is 12.5 Å². The van der Waals surface area contributed by atoms with E-state index in [0.29, 0.717) is 0 Å². The zero-order valence-electron chi connectivity index (χ0n) is 7.33. The molecule has 0 saturated carbocycles. The molecule has 3 heteroatoms. The molecule has 1 N–H and O–H groups in total. The van der Waals surface area contributed by atoms with Crippen LogP contribution in [-0.2, 0) is 4.79 Å². The van der Waals surface area contributed by atoms with Crippen LogP contribution >= 0.6 is 0 Å². The maximum Gasteiger partial charge on any atom is 0.201 e. The molecule has 1 fully saturated rings. The lowest BCUT2D eigenvalue weighted by Gasteiger charge is -2.28. The van der Waals surface area contributed by atoms with Crippen molar-refractivity contribution in [3.63, 3.8) is 0 Å². The highest BCUT2D eigenvalue weighted by atomic mass is 16.3. The fourth-order valence-corrected chi connectivity index (χ4v) is 1.57. The van der Waals surface area contributed by atoms with E-state index in [2.05, 4.69) is 11.2 Å². The van der Waals surface area contributed by atoms with Gasteiger partial charge in [-0.3, -0.25) is 4.79 Å². The van der Waals surface area contributed by atoms with Crippen molar-refractivity contribution in [2.75, 3.05) is 26.2 Å². The Morgan fingerprint density at radius 1 is 1.42 bits per heavy atom. The van der Waals surface area contributed by atoms with Gasteiger partial charge >= 0.3 is 0 Å². The van der Waals surface area contributed by atoms with Crippen molar-refractivity contribution in [3.05, 3.63) is 0 Å². The first-order chi connectivity index (χ1) is 5.86. The van der Waals surface area contributed by atoms with Crippen molar-refractivity contribution in [2.45, 2.75) is 19.3 Å². The van der Waals surface area contributed by atoms with Crippen molar-refractivity contribution in [1.82, 2.24) is 4.90 Å². The van der Waals surface area contributed by atoms with Crippen LogP contribution in [0.2, 0.25) is 0 Å². The summed E-state index contributed by atoms with van der Waals surface area (Å²) in [5.74, 6) is 0.162. The summed E-state index contributed by atoms with van der Waals surface area (Å²) in [7, 11) is 0. The van der Waals surface area contributed by atoms with Crippen molar-refractivity contribution in [2.24, 2.45) is 5.92 Å². The van der Waals surface area contributed by atoms with Crippen LogP contribution in [0.15, 0.2) is 0 Å². The first-order valence-electron chi connectivity index (χ1n) is 4.57. The molecule has 1 heterocycles. The molecule has 0 aliphatic carbocycles. The third-order valence-electron chi connectivity index (χ3n) is 2.39. The SMILES string of the molecule is O=[C]C1CCN(CCCO)CC1. The highest BCUT2D eigenvalue weighted by molar-refractivity contribution is 5.54. The molecule has 0 aromatic carbocycles. The number of likely N-dealkylation sites (tertiary alicyclic amines) is 1. The second-order valence-corrected chi connectivity index (χ2v) is 3.31. The van der Waals surface area contributed by atoms with Crippen LogP contribution in [-0.4, -0.2) is 42.5 Å². The van der Waals surface area contributed by atoms with Gasteiger partial charge in [0.05, 0.1) is 0 Å². The molecule has 0 aromatic rings. The third kappa shape index (κ3) is 2.91. The number of hydrogen-bond acceptors (Lipinski definition) is 3. The fourth-order valence-electron chi connectivity index (χ4n) is 1.57. The molecule has 0 atom stereocenters. The van der Waals surface area contributed by atoms with Crippen LogP contribution in [0.3, 0.4) is 0 Å². The third-order valence-corrected chi connectivity index (χ3v) is 2.39. The lowest BCUT2D eigenvalue weighted by molar-refractivity contribution is 0.184. The quantitative estimate of drug-likeness (QED) is 0.655. The summed E-state index contributed by atoms with van der Waals surface area (Å²) in [6, 6.07) is 0. The minimum absolute atomic E-state index is 0.162. The van der Waals surface area contributed by atoms with Crippen LogP contribution < -0.4 is 0 Å². The van der Waals surface area contributed by atoms with Gasteiger partial charge < -0.3 is 10.0 Å². The normalized spacial score (nSPS) is 21.1. The van der Waals surface area contributed by atoms with Gasteiger partial charge in [-0.05, 0) is 32.4 Å². The largest absolute Gasteiger partial charge is 0.396 e. The predicted octanol–water partition coefficient (Wildman–Crippen LogP) is 0.190. The first-order valence-corrected chi connectivity index (χ1v) is 4.57. The van der Waals surface area contributed by atoms with Crippen molar-refractivity contribution in [1.29, 1.82) is 0 Å². The van der Waals surface area contributed by atoms with Gasteiger partial charge in [0.15, 0.2) is 0 Å². The van der Waals surface area contributed by atoms with E-state index in [0.717, 1.165) is 38.9 Å². The molecule has 1 saturated heterocycles. The van der Waals surface area contributed by atoms with Crippen LogP contribution in [0.4, 0.5) is 0 Å². The van der Waals surface area contributed by atoms with Gasteiger partial charge in [0, 0.05) is 19.1 Å². The number of rotatable bonds is 4. The van der Waals surface area contributed by atoms with Crippen LogP contribution in [0.25, 0.3) is 0 Å². The first kappa shape index (κ1) is 9.68. The summed E-state index contributed by atoms with van der Waals surface area (Å²) >= 11 is 0. The Morgan fingerprint density at radius 3 is 2.58 bits per heavy atom. The van der Waals surface area contributed by atoms with Gasteiger partial charge in [-0.25, -0.2) is 0 Å². The zero-order valence-corrected chi connectivity index (χ0v) is 7.33. The molecule has 1 aliphatic rings. The van der Waals surface area contributed by atoms with Crippen molar-refractivity contribution >= 4 is 6.29 Å². The number of aliphatic hydroxyl groups excluding tert-OH is 1. The van der Waals surface area contributed by atoms with Gasteiger partial charge in [0.25, 0.3) is 0 Å². The van der Waals surface area contributed by atoms with Crippen LogP contribution in [0.5, 0.6) is 0 Å². The highest BCUT2D eigenvalue weighted by Gasteiger charge is 2.18. The molecule has 1 rings (SSSR count). The molecular formula is C9H16NO2. The molecular weight excluding hydrogens is 154 g/mol. The monoisotopic (exact) mass is 170 g/mol. The van der Waals surface area contributed by atoms with Crippen LogP contribution in [0.1, 0.15) is 19.3 Å². The zero-order chi connectivity index (χ0) is 8.81. The predicted molar refractivity (Wildman–Crippen MR) is 46.6 cm³/mol. The maximum atomic E-state index is 10.3. The molecule has 12 heavy (non-hydrogen) atoms. The van der Waals surface area contributed by atoms with Gasteiger partial charge in [-0.15, -0.1) is 0 Å². The number of nitrogens with zero attached hydrogens (tertiary/aromatic N) is 1. The summed E-state index contributed by atoms with van der Waals surface area (Å²) in [4.78, 5) is 12.6. The van der Waals surface area contributed by atoms with Gasteiger partial charge in [0.1, 0.15) is 0 Å². The standard InChI is InChI=1S/C9H16NO2/c11-7-1-4-10-5-2-9(8-12)3-6-10/h9,11H,1-7H2. The van der Waals surface area contributed by atoms with E-state index >= 15 is 0 Å². The topological polar surface area (TPSA) is 40.5 Å². The van der Waals surface area contributed by atoms with Gasteiger partial charge in [0.2, 0.25) is 6.29 Å². The van der Waals surface area contributed by atoms with Crippen molar-refractivity contribution in [3.8, 4) is 0 Å². The minimum Gasteiger partial charge on any atom is -0.396 e. The Labute approximate surface area is 73.4 Å². The molecule has 1 aliphatic heterocycles. The number of aliphatic hydroxyl groups is 1. The average Bonchev–Trinajstić information content (AvgIpc) is 2.15. The maximum absolute atomic E-state index is 10.3. The lowest BCUT2D eigenvalue weighted by atomic mass is 9.98. The molecule has 69 valence electrons.